The van der Waals surface area contributed by atoms with Gasteiger partial charge in [0.15, 0.2) is 0 Å². The summed E-state index contributed by atoms with van der Waals surface area (Å²) in [5.41, 5.74) is 0. The van der Waals surface area contributed by atoms with Crippen LogP contribution in [0.15, 0.2) is 0 Å². The van der Waals surface area contributed by atoms with E-state index in [1.165, 1.54) is 6.92 Å². The average Bonchev–Trinajstić information content (AvgIpc) is 1.56. The highest BCUT2D eigenvalue weighted by atomic mass is 79.9. The first kappa shape index (κ1) is 11.9. The zero-order valence-corrected chi connectivity index (χ0v) is 10.3. The Morgan fingerprint density at radius 2 is 1.55 bits per heavy atom. The van der Waals surface area contributed by atoms with Crippen LogP contribution < -0.4 is 0 Å². The molecule has 0 spiro atoms. The Morgan fingerprint density at radius 3 is 1.64 bits per heavy atom. The Kier molecular flexibility index (Phi) is 4.00. The smallest absolute Gasteiger partial charge is 0.212 e. The van der Waals surface area contributed by atoms with Crippen molar-refractivity contribution in [2.24, 2.45) is 0 Å². The van der Waals surface area contributed by atoms with Gasteiger partial charge in [-0.1, -0.05) is 0 Å². The van der Waals surface area contributed by atoms with Crippen LogP contribution >= 0.6 is 29.6 Å². The van der Waals surface area contributed by atoms with Crippen molar-refractivity contribution in [1.82, 2.24) is 0 Å². The first-order valence-electron chi connectivity index (χ1n) is 2.49. The van der Waals surface area contributed by atoms with Crippen LogP contribution in [-0.4, -0.2) is 27.8 Å². The van der Waals surface area contributed by atoms with Crippen molar-refractivity contribution in [2.45, 2.75) is 12.2 Å². The fraction of sp³-hybridized carbons (Fsp3) is 1.00. The second-order valence-corrected chi connectivity index (χ2v) is 10.8. The Labute approximate surface area is 80.6 Å². The Balaban J connectivity index is 4.47. The highest BCUT2D eigenvalue weighted by Crippen LogP contribution is 2.14. The summed E-state index contributed by atoms with van der Waals surface area (Å²) in [6.07, 6.45) is 0. The monoisotopic (exact) mass is 328 g/mol. The second-order valence-electron chi connectivity index (χ2n) is 1.99. The van der Waals surface area contributed by atoms with Crippen molar-refractivity contribution < 1.29 is 16.8 Å². The minimum Gasteiger partial charge on any atom is -0.217 e. The predicted octanol–water partition coefficient (Wildman–Crippen LogP) is 0.824. The first-order valence-corrected chi connectivity index (χ1v) is 9.37. The summed E-state index contributed by atoms with van der Waals surface area (Å²) in [5.74, 6) is -0.430. The van der Waals surface area contributed by atoms with E-state index in [1.807, 2.05) is 0 Å². The van der Waals surface area contributed by atoms with Gasteiger partial charge in [-0.2, -0.15) is 0 Å². The maximum Gasteiger partial charge on any atom is 0.212 e. The lowest BCUT2D eigenvalue weighted by Gasteiger charge is -2.03. The highest BCUT2D eigenvalue weighted by molar-refractivity contribution is 9.48. The molecule has 0 N–H and O–H groups in total. The molecule has 0 aromatic heterocycles. The third-order valence-corrected chi connectivity index (χ3v) is 5.86. The summed E-state index contributed by atoms with van der Waals surface area (Å²) in [6, 6.07) is 0. The lowest BCUT2D eigenvalue weighted by atomic mass is 10.6. The topological polar surface area (TPSA) is 68.3 Å². The number of halogens is 2. The molecule has 1 atom stereocenters. The van der Waals surface area contributed by atoms with Crippen LogP contribution in [0.25, 0.3) is 0 Å². The summed E-state index contributed by atoms with van der Waals surface area (Å²) in [7, 11) is -6.84. The van der Waals surface area contributed by atoms with Crippen molar-refractivity contribution >= 4 is 46.2 Å². The van der Waals surface area contributed by atoms with Gasteiger partial charge >= 0.3 is 0 Å². The van der Waals surface area contributed by atoms with Gasteiger partial charge in [0.25, 0.3) is 0 Å². The molecule has 0 aliphatic rings. The Hall–Kier alpha value is 0.860. The summed E-state index contributed by atoms with van der Waals surface area (Å²) < 4.78 is 42.3. The van der Waals surface area contributed by atoms with E-state index >= 15 is 0 Å². The summed E-state index contributed by atoms with van der Waals surface area (Å²) in [4.78, 5) is 0. The van der Waals surface area contributed by atoms with Crippen LogP contribution in [0.4, 0.5) is 0 Å². The standard InChI is InChI=1S/C3H6Br2O4S2/c1-3(11(5,8)9)2-10(4,6)7/h3H,2H2,1H3. The molecular weight excluding hydrogens is 324 g/mol. The number of hydrogen-bond donors (Lipinski definition) is 0. The van der Waals surface area contributed by atoms with Gasteiger partial charge in [-0.3, -0.25) is 0 Å². The van der Waals surface area contributed by atoms with E-state index in [0.29, 0.717) is 0 Å². The molecule has 0 radical (unpaired) electrons. The quantitative estimate of drug-likeness (QED) is 0.719. The predicted molar refractivity (Wildman–Crippen MR) is 50.0 cm³/mol. The summed E-state index contributed by atoms with van der Waals surface area (Å²) in [6.45, 7) is 1.31. The largest absolute Gasteiger partial charge is 0.217 e. The van der Waals surface area contributed by atoms with Gasteiger partial charge in [-0.05, 0) is 6.92 Å². The van der Waals surface area contributed by atoms with Gasteiger partial charge in [-0.15, -0.1) is 0 Å². The van der Waals surface area contributed by atoms with Gasteiger partial charge in [-0.25, -0.2) is 16.8 Å². The van der Waals surface area contributed by atoms with E-state index in [9.17, 15) is 16.8 Å². The van der Waals surface area contributed by atoms with Gasteiger partial charge in [0.1, 0.15) is 0 Å². The van der Waals surface area contributed by atoms with Crippen LogP contribution in [0, 0.1) is 0 Å². The average molecular weight is 330 g/mol. The van der Waals surface area contributed by atoms with E-state index in [2.05, 4.69) is 29.6 Å². The van der Waals surface area contributed by atoms with Crippen molar-refractivity contribution in [1.29, 1.82) is 0 Å². The molecule has 0 bridgehead atoms. The molecule has 0 aliphatic carbocycles. The maximum atomic E-state index is 10.6. The molecule has 0 heterocycles. The van der Waals surface area contributed by atoms with Crippen LogP contribution in [0.3, 0.4) is 0 Å². The molecule has 0 aromatic carbocycles. The fourth-order valence-corrected chi connectivity index (χ4v) is 4.80. The molecule has 0 rings (SSSR count). The molecule has 0 saturated carbocycles. The van der Waals surface area contributed by atoms with Crippen molar-refractivity contribution in [2.75, 3.05) is 5.75 Å². The fourth-order valence-electron chi connectivity index (χ4n) is 0.362. The van der Waals surface area contributed by atoms with Crippen molar-refractivity contribution in [3.05, 3.63) is 0 Å². The van der Waals surface area contributed by atoms with E-state index < -0.39 is 27.5 Å². The lowest BCUT2D eigenvalue weighted by molar-refractivity contribution is 0.594. The van der Waals surface area contributed by atoms with Gasteiger partial charge in [0.2, 0.25) is 16.5 Å². The third-order valence-electron chi connectivity index (χ3n) is 0.914. The normalized spacial score (nSPS) is 16.3. The minimum atomic E-state index is -3.43. The van der Waals surface area contributed by atoms with E-state index in [0.717, 1.165) is 0 Å². The molecule has 0 saturated heterocycles. The molecule has 8 heteroatoms. The molecule has 68 valence electrons. The molecule has 0 amide bonds. The van der Waals surface area contributed by atoms with Gasteiger partial charge < -0.3 is 0 Å². The lowest BCUT2D eigenvalue weighted by Crippen LogP contribution is -2.19. The van der Waals surface area contributed by atoms with Gasteiger partial charge in [0, 0.05) is 0 Å². The van der Waals surface area contributed by atoms with Crippen LogP contribution in [0.5, 0.6) is 0 Å². The van der Waals surface area contributed by atoms with Crippen molar-refractivity contribution in [3.8, 4) is 0 Å². The SMILES string of the molecule is CC(CS(=O)(=O)Br)S(=O)(=O)Br. The minimum absolute atomic E-state index is 0.430. The van der Waals surface area contributed by atoms with E-state index in [4.69, 9.17) is 0 Å². The zero-order chi connectivity index (χ0) is 9.28. The molecular formula is C3H6Br2O4S2. The van der Waals surface area contributed by atoms with Crippen molar-refractivity contribution in [3.63, 3.8) is 0 Å². The third kappa shape index (κ3) is 6.06. The van der Waals surface area contributed by atoms with Crippen LogP contribution in [-0.2, 0) is 16.5 Å². The molecule has 11 heavy (non-hydrogen) atoms. The Morgan fingerprint density at radius 1 is 1.18 bits per heavy atom. The molecule has 0 aliphatic heterocycles. The van der Waals surface area contributed by atoms with E-state index in [1.54, 1.807) is 0 Å². The summed E-state index contributed by atoms with van der Waals surface area (Å²) in [5, 5.41) is -0.938. The Bertz CT molecular complexity index is 315. The summed E-state index contributed by atoms with van der Waals surface area (Å²) >= 11 is 4.74. The maximum absolute atomic E-state index is 10.6. The van der Waals surface area contributed by atoms with Crippen LogP contribution in [0.2, 0.25) is 0 Å². The molecule has 0 aromatic rings. The number of rotatable bonds is 3. The molecule has 1 unspecified atom stereocenters. The van der Waals surface area contributed by atoms with Gasteiger partial charge in [0.05, 0.1) is 40.6 Å². The first-order chi connectivity index (χ1) is 4.63. The second kappa shape index (κ2) is 3.71. The molecule has 0 fully saturated rings. The van der Waals surface area contributed by atoms with Crippen LogP contribution in [0.1, 0.15) is 6.92 Å². The van der Waals surface area contributed by atoms with E-state index in [-0.39, 0.29) is 0 Å². The highest BCUT2D eigenvalue weighted by Gasteiger charge is 2.22. The zero-order valence-electron chi connectivity index (χ0n) is 5.49. The number of hydrogen-bond acceptors (Lipinski definition) is 4. The molecule has 4 nitrogen and oxygen atoms in total.